The third-order valence-electron chi connectivity index (χ3n) is 10.7. The van der Waals surface area contributed by atoms with Gasteiger partial charge in [-0.3, -0.25) is 39.0 Å². The van der Waals surface area contributed by atoms with E-state index in [9.17, 15) is 37.2 Å². The lowest BCUT2D eigenvalue weighted by molar-refractivity contribution is -0.136. The molecule has 5 N–H and O–H groups in total. The maximum Gasteiger partial charge on any atom is 0.264 e. The molecule has 14 nitrogen and oxygen atoms in total. The van der Waals surface area contributed by atoms with Crippen molar-refractivity contribution in [2.75, 3.05) is 23.7 Å². The van der Waals surface area contributed by atoms with Crippen LogP contribution in [0.4, 0.5) is 11.4 Å². The van der Waals surface area contributed by atoms with Gasteiger partial charge in [-0.25, -0.2) is 8.42 Å². The van der Waals surface area contributed by atoms with Crippen molar-refractivity contribution in [3.05, 3.63) is 109 Å². The van der Waals surface area contributed by atoms with Crippen molar-refractivity contribution in [1.29, 1.82) is 0 Å². The van der Waals surface area contributed by atoms with Gasteiger partial charge in [0.15, 0.2) is 9.84 Å². The van der Waals surface area contributed by atoms with E-state index in [4.69, 9.17) is 23.2 Å². The minimum atomic E-state index is -3.90. The number of benzene rings is 3. The lowest BCUT2D eigenvalue weighted by Gasteiger charge is -2.27. The van der Waals surface area contributed by atoms with Gasteiger partial charge in [-0.15, -0.1) is 0 Å². The molecule has 3 aliphatic rings. The maximum atomic E-state index is 13.4. The van der Waals surface area contributed by atoms with Gasteiger partial charge in [0.25, 0.3) is 23.6 Å². The molecule has 0 radical (unpaired) electrons. The van der Waals surface area contributed by atoms with E-state index in [1.807, 2.05) is 0 Å². The maximum absolute atomic E-state index is 13.4. The smallest absolute Gasteiger partial charge is 0.264 e. The number of amides is 6. The van der Waals surface area contributed by atoms with Crippen LogP contribution in [-0.2, 0) is 30.0 Å². The van der Waals surface area contributed by atoms with Gasteiger partial charge in [-0.2, -0.15) is 0 Å². The molecular weight excluding hydrogens is 819 g/mol. The molecule has 3 aromatic carbocycles. The van der Waals surface area contributed by atoms with Gasteiger partial charge in [-0.1, -0.05) is 48.2 Å². The monoisotopic (exact) mass is 858 g/mol. The topological polar surface area (TPSA) is 204 Å². The second kappa shape index (κ2) is 16.8. The first kappa shape index (κ1) is 41.4. The number of imide groups is 2. The third kappa shape index (κ3) is 8.27. The normalized spacial score (nSPS) is 16.9. The standard InChI is InChI=1S/C42H40Cl2N6O8S/c1-22-33(20-27-26-19-24(13-14-31(26)48-38(27)52)59(57,58)21-28-29(43)10-8-11-30(28)44)47-23(2)36(22)40(54)46-18-6-4-3-5-17-45-32-12-7-9-25-37(32)42(56)50(41(25)55)34-15-16-35(51)49-39(34)53/h7-14,19-20,34,45,47H,3-6,15-18,21H2,1-2H3,(H,46,54)(H,48,52)(H,49,51,53)/b27-20-. The molecule has 59 heavy (non-hydrogen) atoms. The molecule has 1 unspecified atom stereocenters. The van der Waals surface area contributed by atoms with E-state index < -0.39 is 51.2 Å². The SMILES string of the molecule is Cc1[nH]c(/C=C2\C(=O)Nc3ccc(S(=O)(=O)Cc4c(Cl)cccc4Cl)cc32)c(C)c1C(=O)NCCCCCCNc1cccc2c1C(=O)N(C1CCC(=O)NC1=O)C2=O. The summed E-state index contributed by atoms with van der Waals surface area (Å²) in [5.74, 6) is -3.32. The van der Waals surface area contributed by atoms with Crippen molar-refractivity contribution in [2.24, 2.45) is 0 Å². The number of aromatic amines is 1. The zero-order valence-corrected chi connectivity index (χ0v) is 34.4. The van der Waals surface area contributed by atoms with Gasteiger partial charge < -0.3 is 20.9 Å². The van der Waals surface area contributed by atoms with Crippen LogP contribution in [0.5, 0.6) is 0 Å². The molecule has 0 bridgehead atoms. The second-order valence-corrected chi connectivity index (χ2v) is 17.4. The average molecular weight is 860 g/mol. The van der Waals surface area contributed by atoms with E-state index in [0.717, 1.165) is 24.2 Å². The summed E-state index contributed by atoms with van der Waals surface area (Å²) in [6, 6.07) is 13.1. The molecule has 6 amide bonds. The van der Waals surface area contributed by atoms with Gasteiger partial charge in [0, 0.05) is 63.4 Å². The summed E-state index contributed by atoms with van der Waals surface area (Å²) in [6.07, 6.45) is 4.85. The number of aromatic nitrogens is 1. The van der Waals surface area contributed by atoms with Gasteiger partial charge in [0.2, 0.25) is 11.8 Å². The Morgan fingerprint density at radius 1 is 0.881 bits per heavy atom. The number of hydrogen-bond donors (Lipinski definition) is 5. The number of carbonyl (C=O) groups excluding carboxylic acids is 6. The lowest BCUT2D eigenvalue weighted by Crippen LogP contribution is -2.54. The van der Waals surface area contributed by atoms with E-state index in [1.54, 1.807) is 56.3 Å². The Morgan fingerprint density at radius 2 is 1.59 bits per heavy atom. The number of unbranched alkanes of at least 4 members (excludes halogenated alkanes) is 3. The summed E-state index contributed by atoms with van der Waals surface area (Å²) in [5.41, 5.74) is 4.54. The van der Waals surface area contributed by atoms with Crippen LogP contribution in [0.25, 0.3) is 11.6 Å². The molecule has 1 saturated heterocycles. The minimum absolute atomic E-state index is 0.000943. The van der Waals surface area contributed by atoms with Gasteiger partial charge in [-0.05, 0) is 87.2 Å². The highest BCUT2D eigenvalue weighted by atomic mass is 35.5. The molecular formula is C42H40Cl2N6O8S. The van der Waals surface area contributed by atoms with Crippen LogP contribution in [0.2, 0.25) is 10.0 Å². The Labute approximate surface area is 350 Å². The van der Waals surface area contributed by atoms with Crippen molar-refractivity contribution < 1.29 is 37.2 Å². The first-order valence-electron chi connectivity index (χ1n) is 19.0. The zero-order chi connectivity index (χ0) is 42.2. The number of anilines is 2. The molecule has 3 aliphatic heterocycles. The second-order valence-electron chi connectivity index (χ2n) is 14.6. The van der Waals surface area contributed by atoms with Gasteiger partial charge in [0.05, 0.1) is 32.9 Å². The van der Waals surface area contributed by atoms with Crippen LogP contribution in [-0.4, -0.2) is 72.9 Å². The molecule has 1 aromatic heterocycles. The van der Waals surface area contributed by atoms with Crippen molar-refractivity contribution in [1.82, 2.24) is 20.5 Å². The van der Waals surface area contributed by atoms with Crippen molar-refractivity contribution in [2.45, 2.75) is 69.1 Å². The Hall–Kier alpha value is -5.77. The van der Waals surface area contributed by atoms with Crippen molar-refractivity contribution >= 4 is 91.5 Å². The highest BCUT2D eigenvalue weighted by molar-refractivity contribution is 7.90. The number of carbonyl (C=O) groups is 6. The van der Waals surface area contributed by atoms with Crippen LogP contribution >= 0.6 is 23.2 Å². The van der Waals surface area contributed by atoms with Crippen LogP contribution in [0.1, 0.15) is 97.7 Å². The Morgan fingerprint density at radius 3 is 2.32 bits per heavy atom. The molecule has 1 atom stereocenters. The number of fused-ring (bicyclic) bond motifs is 2. The summed E-state index contributed by atoms with van der Waals surface area (Å²) in [7, 11) is -3.90. The zero-order valence-electron chi connectivity index (χ0n) is 32.1. The highest BCUT2D eigenvalue weighted by Crippen LogP contribution is 2.37. The van der Waals surface area contributed by atoms with Gasteiger partial charge >= 0.3 is 0 Å². The number of halogens is 2. The largest absolute Gasteiger partial charge is 0.384 e. The number of nitrogens with zero attached hydrogens (tertiary/aromatic N) is 1. The Bertz CT molecular complexity index is 2580. The first-order chi connectivity index (χ1) is 28.2. The summed E-state index contributed by atoms with van der Waals surface area (Å²) >= 11 is 12.5. The predicted molar refractivity (Wildman–Crippen MR) is 223 cm³/mol. The van der Waals surface area contributed by atoms with Crippen molar-refractivity contribution in [3.8, 4) is 0 Å². The Kier molecular flexibility index (Phi) is 11.8. The molecule has 306 valence electrons. The van der Waals surface area contributed by atoms with E-state index in [0.29, 0.717) is 59.0 Å². The van der Waals surface area contributed by atoms with E-state index in [2.05, 4.69) is 26.3 Å². The summed E-state index contributed by atoms with van der Waals surface area (Å²) in [5, 5.41) is 11.7. The van der Waals surface area contributed by atoms with E-state index in [1.165, 1.54) is 18.2 Å². The van der Waals surface area contributed by atoms with E-state index in [-0.39, 0.29) is 56.0 Å². The Balaban J connectivity index is 0.914. The summed E-state index contributed by atoms with van der Waals surface area (Å²) in [6.45, 7) is 4.50. The molecule has 4 aromatic rings. The van der Waals surface area contributed by atoms with Gasteiger partial charge in [0.1, 0.15) is 6.04 Å². The molecule has 17 heteroatoms. The third-order valence-corrected chi connectivity index (χ3v) is 13.0. The quantitative estimate of drug-likeness (QED) is 0.0555. The molecule has 4 heterocycles. The number of aryl methyl sites for hydroxylation is 1. The molecule has 1 fully saturated rings. The summed E-state index contributed by atoms with van der Waals surface area (Å²) in [4.78, 5) is 81.0. The predicted octanol–water partition coefficient (Wildman–Crippen LogP) is 6.21. The minimum Gasteiger partial charge on any atom is -0.384 e. The fraction of sp³-hybridized carbons (Fsp3) is 0.286. The van der Waals surface area contributed by atoms with Crippen molar-refractivity contribution in [3.63, 3.8) is 0 Å². The van der Waals surface area contributed by atoms with Crippen LogP contribution in [0, 0.1) is 13.8 Å². The highest BCUT2D eigenvalue weighted by Gasteiger charge is 2.45. The fourth-order valence-electron chi connectivity index (χ4n) is 7.63. The summed E-state index contributed by atoms with van der Waals surface area (Å²) < 4.78 is 26.9. The number of hydrogen-bond acceptors (Lipinski definition) is 9. The van der Waals surface area contributed by atoms with Crippen LogP contribution in [0.15, 0.2) is 59.5 Å². The molecule has 0 saturated carbocycles. The lowest BCUT2D eigenvalue weighted by atomic mass is 10.0. The number of rotatable bonds is 14. The number of nitrogens with one attached hydrogen (secondary N) is 5. The molecule has 0 spiro atoms. The molecule has 0 aliphatic carbocycles. The molecule has 7 rings (SSSR count). The fourth-order valence-corrected chi connectivity index (χ4v) is 9.75. The van der Waals surface area contributed by atoms with Crippen LogP contribution < -0.4 is 21.3 Å². The number of sulfone groups is 1. The number of piperidine rings is 1. The average Bonchev–Trinajstić information content (AvgIpc) is 3.76. The number of H-pyrrole nitrogens is 1. The van der Waals surface area contributed by atoms with Crippen LogP contribution in [0.3, 0.4) is 0 Å². The van der Waals surface area contributed by atoms with E-state index >= 15 is 0 Å². The first-order valence-corrected chi connectivity index (χ1v) is 21.5.